The summed E-state index contributed by atoms with van der Waals surface area (Å²) in [5.74, 6) is 1.30. The van der Waals surface area contributed by atoms with Gasteiger partial charge in [-0.1, -0.05) is 60.3 Å². The summed E-state index contributed by atoms with van der Waals surface area (Å²) in [5, 5.41) is 9.81. The quantitative estimate of drug-likeness (QED) is 0.259. The summed E-state index contributed by atoms with van der Waals surface area (Å²) in [7, 11) is 1.57. The topological polar surface area (TPSA) is 101 Å². The molecule has 0 saturated carbocycles. The van der Waals surface area contributed by atoms with E-state index < -0.39 is 0 Å². The summed E-state index contributed by atoms with van der Waals surface area (Å²) in [6.45, 7) is 4.02. The van der Waals surface area contributed by atoms with Crippen molar-refractivity contribution in [1.82, 2.24) is 15.0 Å². The van der Waals surface area contributed by atoms with E-state index in [1.807, 2.05) is 74.5 Å². The number of nitrogens with zero attached hydrogens (tertiary/aromatic N) is 3. The number of aryl methyl sites for hydroxylation is 2. The number of rotatable bonds is 9. The van der Waals surface area contributed by atoms with Crippen molar-refractivity contribution in [2.75, 3.05) is 28.8 Å². The fraction of sp³-hybridized carbons (Fsp3) is 0.154. The van der Waals surface area contributed by atoms with Crippen LogP contribution in [0.2, 0.25) is 0 Å². The number of anilines is 5. The van der Waals surface area contributed by atoms with Crippen molar-refractivity contribution in [1.29, 1.82) is 0 Å². The van der Waals surface area contributed by atoms with E-state index >= 15 is 0 Å². The lowest BCUT2D eigenvalue weighted by Crippen LogP contribution is -2.15. The summed E-state index contributed by atoms with van der Waals surface area (Å²) in [6, 6.07) is 23.0. The number of thioether (sulfide) groups is 1. The van der Waals surface area contributed by atoms with Crippen molar-refractivity contribution in [2.45, 2.75) is 19.0 Å². The van der Waals surface area contributed by atoms with Crippen LogP contribution in [0, 0.1) is 13.8 Å². The molecule has 8 nitrogen and oxygen atoms in total. The van der Waals surface area contributed by atoms with Gasteiger partial charge in [0.15, 0.2) is 5.16 Å². The van der Waals surface area contributed by atoms with Gasteiger partial charge in [0.05, 0.1) is 18.6 Å². The molecule has 4 rings (SSSR count). The number of carbonyl (C=O) groups is 1. The predicted molar refractivity (Wildman–Crippen MR) is 141 cm³/mol. The Balaban J connectivity index is 1.54. The highest BCUT2D eigenvalue weighted by Crippen LogP contribution is 2.26. The Morgan fingerprint density at radius 1 is 0.771 bits per heavy atom. The van der Waals surface area contributed by atoms with Crippen LogP contribution in [0.1, 0.15) is 11.1 Å². The first-order valence-corrected chi connectivity index (χ1v) is 12.0. The highest BCUT2D eigenvalue weighted by molar-refractivity contribution is 7.99. The molecule has 35 heavy (non-hydrogen) atoms. The van der Waals surface area contributed by atoms with E-state index in [-0.39, 0.29) is 11.7 Å². The first-order valence-electron chi connectivity index (χ1n) is 11.0. The number of hydrogen-bond donors (Lipinski definition) is 3. The second-order valence-corrected chi connectivity index (χ2v) is 8.62. The second kappa shape index (κ2) is 11.3. The zero-order valence-corrected chi connectivity index (χ0v) is 20.5. The maximum atomic E-state index is 12.6. The third-order valence-corrected chi connectivity index (χ3v) is 5.96. The number of aromatic nitrogens is 3. The SMILES string of the molecule is COc1ccccc1NC(=O)CSc1nc(Nc2ccccc2C)nc(Nc2ccccc2C)n1. The predicted octanol–water partition coefficient (Wildman–Crippen LogP) is 5.72. The molecule has 3 aromatic carbocycles. The van der Waals surface area contributed by atoms with Gasteiger partial charge in [-0.15, -0.1) is 0 Å². The molecule has 0 atom stereocenters. The fourth-order valence-corrected chi connectivity index (χ4v) is 3.90. The van der Waals surface area contributed by atoms with Crippen LogP contribution < -0.4 is 20.7 Å². The van der Waals surface area contributed by atoms with Gasteiger partial charge in [0.25, 0.3) is 0 Å². The normalized spacial score (nSPS) is 10.5. The zero-order valence-electron chi connectivity index (χ0n) is 19.7. The average molecular weight is 487 g/mol. The van der Waals surface area contributed by atoms with Crippen molar-refractivity contribution in [3.8, 4) is 5.75 Å². The van der Waals surface area contributed by atoms with Gasteiger partial charge < -0.3 is 20.7 Å². The Labute approximate surface area is 208 Å². The Morgan fingerprint density at radius 3 is 1.83 bits per heavy atom. The molecular formula is C26H26N6O2S. The smallest absolute Gasteiger partial charge is 0.234 e. The molecule has 1 aromatic heterocycles. The molecule has 0 spiro atoms. The number of amides is 1. The van der Waals surface area contributed by atoms with Gasteiger partial charge in [0.2, 0.25) is 17.8 Å². The number of benzene rings is 3. The third-order valence-electron chi connectivity index (χ3n) is 5.11. The number of ether oxygens (including phenoxy) is 1. The number of methoxy groups -OCH3 is 1. The Bertz CT molecular complexity index is 1260. The van der Waals surface area contributed by atoms with Crippen molar-refractivity contribution in [3.63, 3.8) is 0 Å². The zero-order chi connectivity index (χ0) is 24.6. The van der Waals surface area contributed by atoms with E-state index in [1.54, 1.807) is 19.2 Å². The molecule has 0 radical (unpaired) electrons. The van der Waals surface area contributed by atoms with Crippen molar-refractivity contribution < 1.29 is 9.53 Å². The van der Waals surface area contributed by atoms with Gasteiger partial charge in [0.1, 0.15) is 5.75 Å². The van der Waals surface area contributed by atoms with Crippen LogP contribution in [-0.4, -0.2) is 33.7 Å². The van der Waals surface area contributed by atoms with Crippen molar-refractivity contribution >= 4 is 46.6 Å². The van der Waals surface area contributed by atoms with Crippen LogP contribution in [-0.2, 0) is 4.79 Å². The molecule has 0 fully saturated rings. The van der Waals surface area contributed by atoms with Gasteiger partial charge in [-0.2, -0.15) is 15.0 Å². The minimum absolute atomic E-state index is 0.121. The van der Waals surface area contributed by atoms with Crippen molar-refractivity contribution in [2.24, 2.45) is 0 Å². The Morgan fingerprint density at radius 2 is 1.29 bits per heavy atom. The molecule has 0 aliphatic carbocycles. The van der Waals surface area contributed by atoms with E-state index in [0.717, 1.165) is 22.5 Å². The summed E-state index contributed by atoms with van der Waals surface area (Å²) >= 11 is 1.22. The molecule has 1 amide bonds. The van der Waals surface area contributed by atoms with Crippen LogP contribution in [0.25, 0.3) is 0 Å². The van der Waals surface area contributed by atoms with Gasteiger partial charge in [-0.3, -0.25) is 4.79 Å². The van der Waals surface area contributed by atoms with E-state index in [2.05, 4.69) is 30.9 Å². The Kier molecular flexibility index (Phi) is 7.79. The number of hydrogen-bond acceptors (Lipinski definition) is 8. The van der Waals surface area contributed by atoms with Crippen LogP contribution >= 0.6 is 11.8 Å². The number of para-hydroxylation sites is 4. The maximum absolute atomic E-state index is 12.6. The molecular weight excluding hydrogens is 460 g/mol. The van der Waals surface area contributed by atoms with E-state index in [1.165, 1.54) is 11.8 Å². The third kappa shape index (κ3) is 6.48. The molecule has 0 saturated heterocycles. The molecule has 0 aliphatic rings. The number of nitrogens with one attached hydrogen (secondary N) is 3. The monoisotopic (exact) mass is 486 g/mol. The highest BCUT2D eigenvalue weighted by Gasteiger charge is 2.13. The van der Waals surface area contributed by atoms with Gasteiger partial charge >= 0.3 is 0 Å². The van der Waals surface area contributed by atoms with Gasteiger partial charge in [0, 0.05) is 11.4 Å². The average Bonchev–Trinajstić information content (AvgIpc) is 2.86. The van der Waals surface area contributed by atoms with E-state index in [0.29, 0.717) is 28.5 Å². The molecule has 4 aromatic rings. The summed E-state index contributed by atoms with van der Waals surface area (Å²) in [4.78, 5) is 26.2. The van der Waals surface area contributed by atoms with Gasteiger partial charge in [-0.05, 0) is 49.2 Å². The first-order chi connectivity index (χ1) is 17.0. The standard InChI is InChI=1S/C26H26N6O2S/c1-17-10-4-6-12-19(17)28-24-30-25(29-20-13-7-5-11-18(20)2)32-26(31-24)35-16-23(33)27-21-14-8-9-15-22(21)34-3/h4-15H,16H2,1-3H3,(H,27,33)(H2,28,29,30,31,32). The molecule has 0 unspecified atom stereocenters. The highest BCUT2D eigenvalue weighted by atomic mass is 32.2. The maximum Gasteiger partial charge on any atom is 0.234 e. The van der Waals surface area contributed by atoms with E-state index in [9.17, 15) is 4.79 Å². The summed E-state index contributed by atoms with van der Waals surface area (Å²) in [6.07, 6.45) is 0. The largest absolute Gasteiger partial charge is 0.495 e. The molecule has 1 heterocycles. The van der Waals surface area contributed by atoms with Crippen LogP contribution in [0.3, 0.4) is 0 Å². The van der Waals surface area contributed by atoms with Crippen LogP contribution in [0.4, 0.5) is 29.0 Å². The first kappa shape index (κ1) is 24.0. The van der Waals surface area contributed by atoms with Crippen LogP contribution in [0.15, 0.2) is 78.0 Å². The fourth-order valence-electron chi connectivity index (χ4n) is 3.26. The summed E-state index contributed by atoms with van der Waals surface area (Å²) < 4.78 is 5.30. The lowest BCUT2D eigenvalue weighted by Gasteiger charge is -2.13. The molecule has 0 bridgehead atoms. The lowest BCUT2D eigenvalue weighted by molar-refractivity contribution is -0.113. The summed E-state index contributed by atoms with van der Waals surface area (Å²) in [5.41, 5.74) is 4.52. The Hall–Kier alpha value is -4.11. The second-order valence-electron chi connectivity index (χ2n) is 7.68. The molecule has 3 N–H and O–H groups in total. The van der Waals surface area contributed by atoms with E-state index in [4.69, 9.17) is 4.74 Å². The molecule has 9 heteroatoms. The minimum Gasteiger partial charge on any atom is -0.495 e. The van der Waals surface area contributed by atoms with Gasteiger partial charge in [-0.25, -0.2) is 0 Å². The van der Waals surface area contributed by atoms with Crippen LogP contribution in [0.5, 0.6) is 5.75 Å². The number of carbonyl (C=O) groups excluding carboxylic acids is 1. The minimum atomic E-state index is -0.193. The lowest BCUT2D eigenvalue weighted by atomic mass is 10.2. The van der Waals surface area contributed by atoms with Crippen molar-refractivity contribution in [3.05, 3.63) is 83.9 Å². The molecule has 0 aliphatic heterocycles. The molecule has 178 valence electrons.